The number of thiol groups is 1. The van der Waals surface area contributed by atoms with Crippen molar-refractivity contribution >= 4 is 19.7 Å². The summed E-state index contributed by atoms with van der Waals surface area (Å²) in [7, 11) is -0.217. The maximum atomic E-state index is 6.45. The molecule has 0 bridgehead atoms. The second kappa shape index (κ2) is 5.57. The van der Waals surface area contributed by atoms with Crippen LogP contribution in [0.3, 0.4) is 0 Å². The molecule has 0 aliphatic carbocycles. The highest BCUT2D eigenvalue weighted by molar-refractivity contribution is 7.84. The standard InChI is InChI=1S/C18H30BNO2S/c1-13(23)14-9-7-11-20-12-8-10-18(6,15(14)20)19-21-16(2,3)17(4,5)22-19/h23H,1,7-12H2,2-6H3. The van der Waals surface area contributed by atoms with Gasteiger partial charge in [-0.15, -0.1) is 12.6 Å². The summed E-state index contributed by atoms with van der Waals surface area (Å²) >= 11 is 4.59. The Labute approximate surface area is 147 Å². The minimum Gasteiger partial charge on any atom is -0.403 e. The topological polar surface area (TPSA) is 21.7 Å². The molecular weight excluding hydrogens is 305 g/mol. The van der Waals surface area contributed by atoms with Crippen LogP contribution in [0.5, 0.6) is 0 Å². The first kappa shape index (κ1) is 17.4. The first-order valence-corrected chi connectivity index (χ1v) is 9.26. The zero-order valence-corrected chi connectivity index (χ0v) is 16.1. The Morgan fingerprint density at radius 2 is 1.65 bits per heavy atom. The number of rotatable bonds is 2. The monoisotopic (exact) mass is 335 g/mol. The fourth-order valence-electron chi connectivity index (χ4n) is 4.17. The van der Waals surface area contributed by atoms with E-state index in [0.717, 1.165) is 30.8 Å². The van der Waals surface area contributed by atoms with Gasteiger partial charge in [-0.2, -0.15) is 0 Å². The Kier molecular flexibility index (Phi) is 4.22. The fraction of sp³-hybridized carbons (Fsp3) is 0.778. The average Bonchev–Trinajstić information content (AvgIpc) is 2.67. The first-order valence-electron chi connectivity index (χ1n) is 8.81. The lowest BCUT2D eigenvalue weighted by molar-refractivity contribution is 0.00578. The van der Waals surface area contributed by atoms with Crippen LogP contribution < -0.4 is 0 Å². The quantitative estimate of drug-likeness (QED) is 0.596. The summed E-state index contributed by atoms with van der Waals surface area (Å²) < 4.78 is 12.9. The molecule has 2 fully saturated rings. The van der Waals surface area contributed by atoms with Gasteiger partial charge >= 0.3 is 7.12 Å². The van der Waals surface area contributed by atoms with Crippen molar-refractivity contribution < 1.29 is 9.31 Å². The molecule has 0 aromatic carbocycles. The zero-order valence-electron chi connectivity index (χ0n) is 15.2. The lowest BCUT2D eigenvalue weighted by Gasteiger charge is -2.48. The fourth-order valence-corrected chi connectivity index (χ4v) is 4.38. The molecule has 3 heterocycles. The lowest BCUT2D eigenvalue weighted by atomic mass is 9.52. The van der Waals surface area contributed by atoms with E-state index in [0.29, 0.717) is 0 Å². The Hall–Kier alpha value is -0.385. The van der Waals surface area contributed by atoms with Crippen LogP contribution in [0.15, 0.2) is 22.8 Å². The molecule has 3 aliphatic heterocycles. The Morgan fingerprint density at radius 1 is 1.09 bits per heavy atom. The van der Waals surface area contributed by atoms with Gasteiger partial charge in [-0.1, -0.05) is 13.5 Å². The third-order valence-electron chi connectivity index (χ3n) is 6.24. The van der Waals surface area contributed by atoms with Crippen LogP contribution in [-0.2, 0) is 9.31 Å². The predicted octanol–water partition coefficient (Wildman–Crippen LogP) is 4.43. The summed E-state index contributed by atoms with van der Waals surface area (Å²) in [6, 6.07) is 0. The van der Waals surface area contributed by atoms with E-state index in [1.165, 1.54) is 24.1 Å². The largest absolute Gasteiger partial charge is 0.470 e. The molecule has 0 aromatic heterocycles. The molecule has 2 saturated heterocycles. The van der Waals surface area contributed by atoms with Gasteiger partial charge in [0, 0.05) is 29.0 Å². The predicted molar refractivity (Wildman–Crippen MR) is 99.6 cm³/mol. The van der Waals surface area contributed by atoms with Crippen LogP contribution >= 0.6 is 12.6 Å². The van der Waals surface area contributed by atoms with Gasteiger partial charge in [0.1, 0.15) is 0 Å². The summed E-state index contributed by atoms with van der Waals surface area (Å²) in [5.41, 5.74) is 2.08. The summed E-state index contributed by atoms with van der Waals surface area (Å²) in [5.74, 6) is 0. The molecule has 128 valence electrons. The number of hydrogen-bond donors (Lipinski definition) is 1. The van der Waals surface area contributed by atoms with Crippen molar-refractivity contribution in [1.82, 2.24) is 4.90 Å². The Bertz CT molecular complexity index is 541. The van der Waals surface area contributed by atoms with E-state index in [1.54, 1.807) is 0 Å². The Balaban J connectivity index is 2.04. The van der Waals surface area contributed by atoms with Crippen molar-refractivity contribution in [2.45, 2.75) is 76.8 Å². The lowest BCUT2D eigenvalue weighted by Crippen LogP contribution is -2.47. The summed E-state index contributed by atoms with van der Waals surface area (Å²) in [4.78, 5) is 3.42. The van der Waals surface area contributed by atoms with Crippen LogP contribution in [0.1, 0.15) is 60.3 Å². The minimum atomic E-state index is -0.295. The molecule has 3 rings (SSSR count). The van der Waals surface area contributed by atoms with Gasteiger partial charge in [0.05, 0.1) is 11.2 Å². The van der Waals surface area contributed by atoms with Crippen LogP contribution in [0.4, 0.5) is 0 Å². The molecular formula is C18H30BNO2S. The molecule has 1 unspecified atom stereocenters. The van der Waals surface area contributed by atoms with Crippen molar-refractivity contribution in [2.75, 3.05) is 13.1 Å². The van der Waals surface area contributed by atoms with Gasteiger partial charge in [0.2, 0.25) is 0 Å². The van der Waals surface area contributed by atoms with Gasteiger partial charge in [0.15, 0.2) is 0 Å². The molecule has 0 radical (unpaired) electrons. The molecule has 3 aliphatic rings. The van der Waals surface area contributed by atoms with E-state index in [2.05, 4.69) is 58.7 Å². The van der Waals surface area contributed by atoms with Crippen LogP contribution in [-0.4, -0.2) is 36.3 Å². The third-order valence-corrected chi connectivity index (χ3v) is 6.51. The molecule has 0 saturated carbocycles. The maximum absolute atomic E-state index is 6.45. The van der Waals surface area contributed by atoms with E-state index in [-0.39, 0.29) is 23.6 Å². The van der Waals surface area contributed by atoms with E-state index in [1.807, 2.05) is 0 Å². The zero-order chi connectivity index (χ0) is 17.0. The summed E-state index contributed by atoms with van der Waals surface area (Å²) in [6.07, 6.45) is 4.50. The van der Waals surface area contributed by atoms with Gasteiger partial charge in [0.25, 0.3) is 0 Å². The second-order valence-electron chi connectivity index (χ2n) is 8.47. The SMILES string of the molecule is C=C(S)C1=C2N(CCC1)CCCC2(C)B1OC(C)(C)C(C)(C)O1. The van der Waals surface area contributed by atoms with Crippen LogP contribution in [0.2, 0.25) is 5.31 Å². The van der Waals surface area contributed by atoms with Crippen molar-refractivity contribution in [3.8, 4) is 0 Å². The van der Waals surface area contributed by atoms with Crippen molar-refractivity contribution in [3.63, 3.8) is 0 Å². The van der Waals surface area contributed by atoms with Crippen molar-refractivity contribution in [3.05, 3.63) is 22.8 Å². The highest BCUT2D eigenvalue weighted by atomic mass is 32.1. The van der Waals surface area contributed by atoms with E-state index >= 15 is 0 Å². The smallest absolute Gasteiger partial charge is 0.403 e. The molecule has 0 spiro atoms. The van der Waals surface area contributed by atoms with Crippen LogP contribution in [0, 0.1) is 0 Å². The Morgan fingerprint density at radius 3 is 2.22 bits per heavy atom. The molecule has 0 amide bonds. The number of piperidine rings is 1. The minimum absolute atomic E-state index is 0.134. The summed E-state index contributed by atoms with van der Waals surface area (Å²) in [6.45, 7) is 17.2. The molecule has 3 nitrogen and oxygen atoms in total. The van der Waals surface area contributed by atoms with Crippen molar-refractivity contribution in [1.29, 1.82) is 0 Å². The first-order chi connectivity index (χ1) is 10.6. The second-order valence-corrected chi connectivity index (χ2v) is 9.01. The maximum Gasteiger partial charge on any atom is 0.470 e. The van der Waals surface area contributed by atoms with Crippen molar-refractivity contribution in [2.24, 2.45) is 0 Å². The number of hydrogen-bond acceptors (Lipinski definition) is 4. The molecule has 23 heavy (non-hydrogen) atoms. The van der Waals surface area contributed by atoms with Gasteiger partial charge < -0.3 is 14.2 Å². The molecule has 0 aromatic rings. The molecule has 0 N–H and O–H groups in total. The molecule has 5 heteroatoms. The average molecular weight is 335 g/mol. The highest BCUT2D eigenvalue weighted by Crippen LogP contribution is 2.56. The van der Waals surface area contributed by atoms with E-state index < -0.39 is 0 Å². The summed E-state index contributed by atoms with van der Waals surface area (Å²) in [5, 5.41) is -0.134. The van der Waals surface area contributed by atoms with E-state index in [4.69, 9.17) is 9.31 Å². The van der Waals surface area contributed by atoms with Gasteiger partial charge in [-0.25, -0.2) is 0 Å². The van der Waals surface area contributed by atoms with Crippen LogP contribution in [0.25, 0.3) is 0 Å². The normalized spacial score (nSPS) is 33.0. The third kappa shape index (κ3) is 2.69. The van der Waals surface area contributed by atoms with Gasteiger partial charge in [-0.3, -0.25) is 0 Å². The number of fused-ring (bicyclic) bond motifs is 1. The molecule has 1 atom stereocenters. The number of allylic oxidation sites excluding steroid dienone is 2. The van der Waals surface area contributed by atoms with E-state index in [9.17, 15) is 0 Å². The van der Waals surface area contributed by atoms with Gasteiger partial charge in [-0.05, 0) is 59.0 Å². The number of nitrogens with zero attached hydrogens (tertiary/aromatic N) is 1. The highest BCUT2D eigenvalue weighted by Gasteiger charge is 2.60.